The molecular weight excluding hydrogens is 232 g/mol. The molecule has 5 heteroatoms. The van der Waals surface area contributed by atoms with Gasteiger partial charge in [0.15, 0.2) is 0 Å². The van der Waals surface area contributed by atoms with Crippen molar-refractivity contribution in [1.29, 1.82) is 0 Å². The molecule has 0 spiro atoms. The molecule has 0 atom stereocenters. The first-order valence-electron chi connectivity index (χ1n) is 4.39. The Kier molecular flexibility index (Phi) is 3.00. The molecule has 0 bridgehead atoms. The zero-order valence-corrected chi connectivity index (χ0v) is 9.64. The van der Waals surface area contributed by atoms with Crippen molar-refractivity contribution in [2.45, 2.75) is 13.5 Å². The standard InChI is InChI=1S/C10H9ClN2OS/c1-6-9(5-14)13-10(15-6)7-2-8(11)4-12-3-7/h2-4,14H,5H2,1H3. The van der Waals surface area contributed by atoms with Gasteiger partial charge in [0.05, 0.1) is 17.3 Å². The van der Waals surface area contributed by atoms with Gasteiger partial charge in [-0.25, -0.2) is 4.98 Å². The summed E-state index contributed by atoms with van der Waals surface area (Å²) in [5.41, 5.74) is 1.60. The minimum Gasteiger partial charge on any atom is -0.390 e. The quantitative estimate of drug-likeness (QED) is 0.878. The van der Waals surface area contributed by atoms with Crippen molar-refractivity contribution in [2.24, 2.45) is 0 Å². The molecule has 3 nitrogen and oxygen atoms in total. The maximum absolute atomic E-state index is 9.04. The van der Waals surface area contributed by atoms with Gasteiger partial charge in [-0.15, -0.1) is 11.3 Å². The summed E-state index contributed by atoms with van der Waals surface area (Å²) >= 11 is 7.37. The van der Waals surface area contributed by atoms with Crippen molar-refractivity contribution in [2.75, 3.05) is 0 Å². The van der Waals surface area contributed by atoms with Crippen LogP contribution in [0.15, 0.2) is 18.5 Å². The van der Waals surface area contributed by atoms with Crippen molar-refractivity contribution < 1.29 is 5.11 Å². The second-order valence-corrected chi connectivity index (χ2v) is 4.71. The highest BCUT2D eigenvalue weighted by Gasteiger charge is 2.08. The van der Waals surface area contributed by atoms with Crippen LogP contribution in [0.4, 0.5) is 0 Å². The van der Waals surface area contributed by atoms with E-state index in [2.05, 4.69) is 9.97 Å². The van der Waals surface area contributed by atoms with E-state index in [4.69, 9.17) is 16.7 Å². The van der Waals surface area contributed by atoms with E-state index < -0.39 is 0 Å². The van der Waals surface area contributed by atoms with E-state index in [0.717, 1.165) is 21.1 Å². The van der Waals surface area contributed by atoms with E-state index in [9.17, 15) is 0 Å². The highest BCUT2D eigenvalue weighted by atomic mass is 35.5. The number of aromatic nitrogens is 2. The van der Waals surface area contributed by atoms with Gasteiger partial charge < -0.3 is 5.11 Å². The van der Waals surface area contributed by atoms with Crippen LogP contribution in [0.2, 0.25) is 5.02 Å². The summed E-state index contributed by atoms with van der Waals surface area (Å²) in [5.74, 6) is 0. The number of halogens is 1. The topological polar surface area (TPSA) is 46.0 Å². The Labute approximate surface area is 96.4 Å². The molecule has 78 valence electrons. The first kappa shape index (κ1) is 10.5. The summed E-state index contributed by atoms with van der Waals surface area (Å²) in [6.45, 7) is 1.90. The van der Waals surface area contributed by atoms with Crippen LogP contribution in [-0.2, 0) is 6.61 Å². The molecule has 2 aromatic heterocycles. The van der Waals surface area contributed by atoms with Gasteiger partial charge in [0.1, 0.15) is 5.01 Å². The van der Waals surface area contributed by atoms with Crippen LogP contribution in [0.5, 0.6) is 0 Å². The predicted molar refractivity (Wildman–Crippen MR) is 61.0 cm³/mol. The smallest absolute Gasteiger partial charge is 0.125 e. The lowest BCUT2D eigenvalue weighted by atomic mass is 10.3. The summed E-state index contributed by atoms with van der Waals surface area (Å²) in [6.07, 6.45) is 3.30. The molecule has 0 radical (unpaired) electrons. The number of rotatable bonds is 2. The highest BCUT2D eigenvalue weighted by Crippen LogP contribution is 2.28. The number of pyridine rings is 1. The molecule has 0 saturated heterocycles. The van der Waals surface area contributed by atoms with E-state index in [0.29, 0.717) is 5.02 Å². The third kappa shape index (κ3) is 2.17. The van der Waals surface area contributed by atoms with Crippen molar-refractivity contribution >= 4 is 22.9 Å². The Hall–Kier alpha value is -0.970. The molecule has 0 unspecified atom stereocenters. The number of thiazole rings is 1. The maximum atomic E-state index is 9.04. The number of aliphatic hydroxyl groups is 1. The van der Waals surface area contributed by atoms with Gasteiger partial charge in [0.25, 0.3) is 0 Å². The third-order valence-electron chi connectivity index (χ3n) is 1.99. The van der Waals surface area contributed by atoms with Crippen LogP contribution < -0.4 is 0 Å². The van der Waals surface area contributed by atoms with Crippen molar-refractivity contribution in [3.8, 4) is 10.6 Å². The van der Waals surface area contributed by atoms with E-state index in [1.54, 1.807) is 12.4 Å². The Morgan fingerprint density at radius 2 is 2.27 bits per heavy atom. The van der Waals surface area contributed by atoms with Gasteiger partial charge in [-0.1, -0.05) is 11.6 Å². The number of hydrogen-bond donors (Lipinski definition) is 1. The van der Waals surface area contributed by atoms with Crippen molar-refractivity contribution in [1.82, 2.24) is 9.97 Å². The summed E-state index contributed by atoms with van der Waals surface area (Å²) in [5, 5.41) is 10.5. The van der Waals surface area contributed by atoms with Gasteiger partial charge in [0, 0.05) is 22.8 Å². The molecule has 15 heavy (non-hydrogen) atoms. The Morgan fingerprint density at radius 1 is 1.47 bits per heavy atom. The second kappa shape index (κ2) is 4.26. The molecule has 2 rings (SSSR count). The average molecular weight is 241 g/mol. The monoisotopic (exact) mass is 240 g/mol. The predicted octanol–water partition coefficient (Wildman–Crippen LogP) is 2.66. The highest BCUT2D eigenvalue weighted by molar-refractivity contribution is 7.15. The lowest BCUT2D eigenvalue weighted by molar-refractivity contribution is 0.277. The van der Waals surface area contributed by atoms with Crippen LogP contribution >= 0.6 is 22.9 Å². The van der Waals surface area contributed by atoms with Gasteiger partial charge in [-0.3, -0.25) is 4.98 Å². The third-order valence-corrected chi connectivity index (χ3v) is 3.26. The molecule has 2 aromatic rings. The first-order chi connectivity index (χ1) is 7.20. The lowest BCUT2D eigenvalue weighted by Crippen LogP contribution is -1.85. The van der Waals surface area contributed by atoms with E-state index in [1.807, 2.05) is 13.0 Å². The van der Waals surface area contributed by atoms with Gasteiger partial charge in [-0.2, -0.15) is 0 Å². The van der Waals surface area contributed by atoms with Crippen molar-refractivity contribution in [3.63, 3.8) is 0 Å². The molecule has 0 aliphatic rings. The van der Waals surface area contributed by atoms with Crippen LogP contribution in [0.1, 0.15) is 10.6 Å². The Morgan fingerprint density at radius 3 is 2.87 bits per heavy atom. The summed E-state index contributed by atoms with van der Waals surface area (Å²) in [4.78, 5) is 9.33. The summed E-state index contributed by atoms with van der Waals surface area (Å²) in [7, 11) is 0. The van der Waals surface area contributed by atoms with E-state index >= 15 is 0 Å². The lowest BCUT2D eigenvalue weighted by Gasteiger charge is -1.95. The fourth-order valence-electron chi connectivity index (χ4n) is 1.23. The molecular formula is C10H9ClN2OS. The van der Waals surface area contributed by atoms with Crippen molar-refractivity contribution in [3.05, 3.63) is 34.1 Å². The summed E-state index contributed by atoms with van der Waals surface area (Å²) < 4.78 is 0. The molecule has 0 saturated carbocycles. The summed E-state index contributed by atoms with van der Waals surface area (Å²) in [6, 6.07) is 1.81. The minimum atomic E-state index is -0.0314. The molecule has 2 heterocycles. The van der Waals surface area contributed by atoms with Crippen LogP contribution in [0, 0.1) is 6.92 Å². The second-order valence-electron chi connectivity index (χ2n) is 3.07. The zero-order chi connectivity index (χ0) is 10.8. The zero-order valence-electron chi connectivity index (χ0n) is 8.07. The molecule has 0 fully saturated rings. The maximum Gasteiger partial charge on any atom is 0.125 e. The Balaban J connectivity index is 2.45. The minimum absolute atomic E-state index is 0.0314. The van der Waals surface area contributed by atoms with Gasteiger partial charge in [-0.05, 0) is 13.0 Å². The Bertz CT molecular complexity index is 484. The largest absolute Gasteiger partial charge is 0.390 e. The SMILES string of the molecule is Cc1sc(-c2cncc(Cl)c2)nc1CO. The van der Waals surface area contributed by atoms with Crippen LogP contribution in [0.3, 0.4) is 0 Å². The van der Waals surface area contributed by atoms with Crippen LogP contribution in [0.25, 0.3) is 10.6 Å². The fourth-order valence-corrected chi connectivity index (χ4v) is 2.30. The number of nitrogens with zero attached hydrogens (tertiary/aromatic N) is 2. The molecule has 0 aromatic carbocycles. The molecule has 0 aliphatic carbocycles. The van der Waals surface area contributed by atoms with Gasteiger partial charge in [0.2, 0.25) is 0 Å². The molecule has 0 aliphatic heterocycles. The normalized spacial score (nSPS) is 10.6. The number of hydrogen-bond acceptors (Lipinski definition) is 4. The first-order valence-corrected chi connectivity index (χ1v) is 5.58. The van der Waals surface area contributed by atoms with E-state index in [1.165, 1.54) is 11.3 Å². The number of aliphatic hydroxyl groups excluding tert-OH is 1. The van der Waals surface area contributed by atoms with E-state index in [-0.39, 0.29) is 6.61 Å². The molecule has 1 N–H and O–H groups in total. The fraction of sp³-hybridized carbons (Fsp3) is 0.200. The molecule has 0 amide bonds. The van der Waals surface area contributed by atoms with Crippen LogP contribution in [-0.4, -0.2) is 15.1 Å². The van der Waals surface area contributed by atoms with Gasteiger partial charge >= 0.3 is 0 Å². The average Bonchev–Trinajstić information content (AvgIpc) is 2.60. The number of aryl methyl sites for hydroxylation is 1.